The van der Waals surface area contributed by atoms with Crippen molar-refractivity contribution in [3.05, 3.63) is 0 Å². The van der Waals surface area contributed by atoms with Gasteiger partial charge in [0.15, 0.2) is 0 Å². The Morgan fingerprint density at radius 2 is 1.95 bits per heavy atom. The van der Waals surface area contributed by atoms with Crippen LogP contribution in [-0.4, -0.2) is 41.6 Å². The first-order valence-corrected chi connectivity index (χ1v) is 9.38. The quantitative estimate of drug-likeness (QED) is 0.723. The van der Waals surface area contributed by atoms with Crippen LogP contribution in [0.1, 0.15) is 57.8 Å². The Labute approximate surface area is 126 Å². The fourth-order valence-corrected chi connectivity index (χ4v) is 5.05. The molecule has 3 rings (SSSR count). The number of ether oxygens (including phenoxy) is 1. The van der Waals surface area contributed by atoms with Crippen LogP contribution in [0.4, 0.5) is 0 Å². The minimum Gasteiger partial charge on any atom is -0.370 e. The highest BCUT2D eigenvalue weighted by atomic mass is 79.9. The van der Waals surface area contributed by atoms with Crippen molar-refractivity contribution in [2.75, 3.05) is 25.0 Å². The van der Waals surface area contributed by atoms with Crippen LogP contribution in [0.2, 0.25) is 0 Å². The van der Waals surface area contributed by atoms with Gasteiger partial charge < -0.3 is 9.64 Å². The Morgan fingerprint density at radius 1 is 1.11 bits per heavy atom. The predicted molar refractivity (Wildman–Crippen MR) is 82.9 cm³/mol. The van der Waals surface area contributed by atoms with Crippen LogP contribution >= 0.6 is 15.9 Å². The molecule has 2 heterocycles. The van der Waals surface area contributed by atoms with Crippen LogP contribution in [0.15, 0.2) is 0 Å². The smallest absolute Gasteiger partial charge is 0.0710 e. The van der Waals surface area contributed by atoms with Gasteiger partial charge in [-0.2, -0.15) is 0 Å². The molecule has 1 aliphatic carbocycles. The number of likely N-dealkylation sites (tertiary alicyclic amines) is 1. The minimum atomic E-state index is 0.315. The van der Waals surface area contributed by atoms with E-state index in [4.69, 9.17) is 4.74 Å². The molecule has 2 atom stereocenters. The van der Waals surface area contributed by atoms with Gasteiger partial charge in [-0.15, -0.1) is 0 Å². The average Bonchev–Trinajstić information content (AvgIpc) is 3.02. The van der Waals surface area contributed by atoms with Crippen LogP contribution in [0.3, 0.4) is 0 Å². The summed E-state index contributed by atoms with van der Waals surface area (Å²) in [5.74, 6) is 0.912. The SMILES string of the molecule is BrCCC1CCCN(CC2CCC3(CCCC3)O2)C1. The molecular weight excluding hydrogens is 302 g/mol. The summed E-state index contributed by atoms with van der Waals surface area (Å²) in [4.78, 5) is 2.68. The molecule has 19 heavy (non-hydrogen) atoms. The van der Waals surface area contributed by atoms with Crippen LogP contribution in [0.25, 0.3) is 0 Å². The number of nitrogens with zero attached hydrogens (tertiary/aromatic N) is 1. The molecule has 0 amide bonds. The van der Waals surface area contributed by atoms with Crippen LogP contribution in [-0.2, 0) is 4.74 Å². The number of hydrogen-bond acceptors (Lipinski definition) is 2. The number of rotatable bonds is 4. The number of piperidine rings is 1. The van der Waals surface area contributed by atoms with Gasteiger partial charge in [0.05, 0.1) is 11.7 Å². The molecule has 3 heteroatoms. The Kier molecular flexibility index (Phi) is 4.86. The standard InChI is InChI=1S/C16H28BrNO/c17-10-6-14-4-3-11-18(12-14)13-15-5-9-16(19-15)7-1-2-8-16/h14-15H,1-13H2. The van der Waals surface area contributed by atoms with Gasteiger partial charge in [-0.3, -0.25) is 0 Å². The summed E-state index contributed by atoms with van der Waals surface area (Å²) in [5.41, 5.74) is 0.315. The monoisotopic (exact) mass is 329 g/mol. The van der Waals surface area contributed by atoms with Crippen molar-refractivity contribution in [1.29, 1.82) is 0 Å². The molecular formula is C16H28BrNO. The lowest BCUT2D eigenvalue weighted by molar-refractivity contribution is -0.0506. The van der Waals surface area contributed by atoms with Gasteiger partial charge in [-0.05, 0) is 57.4 Å². The molecule has 0 aromatic heterocycles. The van der Waals surface area contributed by atoms with Crippen molar-refractivity contribution in [3.63, 3.8) is 0 Å². The van der Waals surface area contributed by atoms with E-state index in [9.17, 15) is 0 Å². The van der Waals surface area contributed by atoms with Crippen molar-refractivity contribution in [3.8, 4) is 0 Å². The molecule has 3 aliphatic rings. The van der Waals surface area contributed by atoms with E-state index in [-0.39, 0.29) is 0 Å². The zero-order valence-corrected chi connectivity index (χ0v) is 13.7. The van der Waals surface area contributed by atoms with Crippen LogP contribution in [0, 0.1) is 5.92 Å². The van der Waals surface area contributed by atoms with Gasteiger partial charge in [-0.25, -0.2) is 0 Å². The summed E-state index contributed by atoms with van der Waals surface area (Å²) in [5, 5.41) is 1.16. The van der Waals surface area contributed by atoms with Crippen molar-refractivity contribution in [1.82, 2.24) is 4.90 Å². The maximum absolute atomic E-state index is 6.46. The molecule has 2 saturated heterocycles. The molecule has 1 spiro atoms. The fourth-order valence-electron chi connectivity index (χ4n) is 4.41. The maximum Gasteiger partial charge on any atom is 0.0710 e. The molecule has 1 saturated carbocycles. The molecule has 110 valence electrons. The first kappa shape index (κ1) is 14.3. The van der Waals surface area contributed by atoms with Gasteiger partial charge in [-0.1, -0.05) is 28.8 Å². The zero-order chi connectivity index (χ0) is 13.1. The van der Waals surface area contributed by atoms with E-state index in [0.717, 1.165) is 11.2 Å². The first-order chi connectivity index (χ1) is 9.30. The van der Waals surface area contributed by atoms with Gasteiger partial charge in [0, 0.05) is 18.4 Å². The summed E-state index contributed by atoms with van der Waals surface area (Å²) in [7, 11) is 0. The zero-order valence-electron chi connectivity index (χ0n) is 12.1. The topological polar surface area (TPSA) is 12.5 Å². The van der Waals surface area contributed by atoms with Crippen molar-refractivity contribution in [2.24, 2.45) is 5.92 Å². The van der Waals surface area contributed by atoms with E-state index < -0.39 is 0 Å². The average molecular weight is 330 g/mol. The molecule has 0 bridgehead atoms. The van der Waals surface area contributed by atoms with Crippen LogP contribution < -0.4 is 0 Å². The third-order valence-corrected chi connectivity index (χ3v) is 5.89. The van der Waals surface area contributed by atoms with Crippen molar-refractivity contribution < 1.29 is 4.74 Å². The van der Waals surface area contributed by atoms with Gasteiger partial charge in [0.2, 0.25) is 0 Å². The molecule has 0 aromatic carbocycles. The van der Waals surface area contributed by atoms with E-state index in [0.29, 0.717) is 11.7 Å². The molecule has 3 fully saturated rings. The van der Waals surface area contributed by atoms with Crippen LogP contribution in [0.5, 0.6) is 0 Å². The summed E-state index contributed by atoms with van der Waals surface area (Å²) in [6.07, 6.45) is 12.8. The first-order valence-electron chi connectivity index (χ1n) is 8.26. The molecule has 2 nitrogen and oxygen atoms in total. The molecule has 0 aromatic rings. The second kappa shape index (κ2) is 6.44. The minimum absolute atomic E-state index is 0.315. The molecule has 0 N–H and O–H groups in total. The highest BCUT2D eigenvalue weighted by molar-refractivity contribution is 9.09. The predicted octanol–water partition coefficient (Wildman–Crippen LogP) is 3.98. The molecule has 0 radical (unpaired) electrons. The number of hydrogen-bond donors (Lipinski definition) is 0. The Bertz CT molecular complexity index is 288. The molecule has 2 aliphatic heterocycles. The highest BCUT2D eigenvalue weighted by Crippen LogP contribution is 2.43. The van der Waals surface area contributed by atoms with Gasteiger partial charge in [0.1, 0.15) is 0 Å². The normalized spacial score (nSPS) is 35.2. The Balaban J connectivity index is 1.46. The Hall–Kier alpha value is 0.400. The number of alkyl halides is 1. The van der Waals surface area contributed by atoms with E-state index in [2.05, 4.69) is 20.8 Å². The van der Waals surface area contributed by atoms with E-state index in [1.807, 2.05) is 0 Å². The summed E-state index contributed by atoms with van der Waals surface area (Å²) >= 11 is 3.59. The lowest BCUT2D eigenvalue weighted by atomic mass is 9.95. The fraction of sp³-hybridized carbons (Fsp3) is 1.00. The van der Waals surface area contributed by atoms with Crippen molar-refractivity contribution in [2.45, 2.75) is 69.5 Å². The Morgan fingerprint density at radius 3 is 2.74 bits per heavy atom. The largest absolute Gasteiger partial charge is 0.370 e. The van der Waals surface area contributed by atoms with Gasteiger partial charge in [0.25, 0.3) is 0 Å². The van der Waals surface area contributed by atoms with E-state index in [1.54, 1.807) is 0 Å². The summed E-state index contributed by atoms with van der Waals surface area (Å²) in [6, 6.07) is 0. The van der Waals surface area contributed by atoms with Gasteiger partial charge >= 0.3 is 0 Å². The second-order valence-electron chi connectivity index (χ2n) is 6.91. The summed E-state index contributed by atoms with van der Waals surface area (Å²) in [6.45, 7) is 3.80. The molecule has 2 unspecified atom stereocenters. The highest BCUT2D eigenvalue weighted by Gasteiger charge is 2.42. The third kappa shape index (κ3) is 3.54. The maximum atomic E-state index is 6.46. The van der Waals surface area contributed by atoms with E-state index in [1.165, 1.54) is 77.4 Å². The lowest BCUT2D eigenvalue weighted by Gasteiger charge is -2.34. The second-order valence-corrected chi connectivity index (χ2v) is 7.71. The number of halogens is 1. The summed E-state index contributed by atoms with van der Waals surface area (Å²) < 4.78 is 6.46. The van der Waals surface area contributed by atoms with Crippen molar-refractivity contribution >= 4 is 15.9 Å². The lowest BCUT2D eigenvalue weighted by Crippen LogP contribution is -2.41. The van der Waals surface area contributed by atoms with E-state index >= 15 is 0 Å². The third-order valence-electron chi connectivity index (χ3n) is 5.44.